The number of nitrogens with two attached hydrogens (primary N) is 3. The lowest BCUT2D eigenvalue weighted by Gasteiger charge is -2.22. The maximum Gasteiger partial charge on any atom is 0.185 e. The van der Waals surface area contributed by atoms with Crippen LogP contribution in [0.25, 0.3) is 0 Å². The summed E-state index contributed by atoms with van der Waals surface area (Å²) in [6.45, 7) is 5.77. The van der Waals surface area contributed by atoms with Gasteiger partial charge in [-0.3, -0.25) is 10.4 Å². The van der Waals surface area contributed by atoms with Crippen LogP contribution in [0.5, 0.6) is 5.75 Å². The largest absolute Gasteiger partial charge is 0.494 e. The second kappa shape index (κ2) is 16.5. The van der Waals surface area contributed by atoms with Gasteiger partial charge >= 0.3 is 0 Å². The van der Waals surface area contributed by atoms with Gasteiger partial charge in [0.1, 0.15) is 11.6 Å². The average molecular weight is 420 g/mol. The van der Waals surface area contributed by atoms with Crippen molar-refractivity contribution >= 4 is 11.8 Å². The fraction of sp³-hybridized carbons (Fsp3) is 0.636. The summed E-state index contributed by atoms with van der Waals surface area (Å²) >= 11 is 0. The predicted octanol–water partition coefficient (Wildman–Crippen LogP) is 1.87. The van der Waals surface area contributed by atoms with Crippen LogP contribution in [0, 0.1) is 5.41 Å². The molecule has 0 heterocycles. The average Bonchev–Trinajstić information content (AvgIpc) is 2.73. The van der Waals surface area contributed by atoms with Gasteiger partial charge in [0.05, 0.1) is 6.61 Å². The van der Waals surface area contributed by atoms with Crippen molar-refractivity contribution in [1.82, 2.24) is 10.2 Å². The molecule has 0 radical (unpaired) electrons. The van der Waals surface area contributed by atoms with E-state index in [9.17, 15) is 0 Å². The number of rotatable bonds is 18. The molecule has 0 unspecified atom stereocenters. The van der Waals surface area contributed by atoms with Crippen molar-refractivity contribution in [2.75, 3.05) is 46.4 Å². The van der Waals surface area contributed by atoms with Crippen LogP contribution < -0.4 is 27.3 Å². The molecular weight excluding hydrogens is 378 g/mol. The zero-order chi connectivity index (χ0) is 22.0. The van der Waals surface area contributed by atoms with Gasteiger partial charge in [0.2, 0.25) is 0 Å². The number of hydrogen-bond donors (Lipinski definition) is 5. The molecule has 30 heavy (non-hydrogen) atoms. The summed E-state index contributed by atoms with van der Waals surface area (Å²) in [5, 5.41) is 10.7. The van der Waals surface area contributed by atoms with Crippen molar-refractivity contribution in [2.24, 2.45) is 22.2 Å². The first-order chi connectivity index (χ1) is 14.5. The minimum atomic E-state index is 0.0779. The number of nitrogen functional groups attached to an aromatic ring is 1. The number of likely N-dealkylation sites (N-methyl/N-ethyl adjacent to an activating group) is 1. The zero-order valence-electron chi connectivity index (χ0n) is 18.5. The van der Waals surface area contributed by atoms with Gasteiger partial charge in [-0.15, -0.1) is 0 Å². The number of amidine groups is 1. The summed E-state index contributed by atoms with van der Waals surface area (Å²) in [6.07, 6.45) is 8.08. The Kier molecular flexibility index (Phi) is 14.1. The Hall–Kier alpha value is -2.32. The predicted molar refractivity (Wildman–Crippen MR) is 126 cm³/mol. The second-order valence-corrected chi connectivity index (χ2v) is 7.51. The number of hydrogen-bond acceptors (Lipinski definition) is 5. The van der Waals surface area contributed by atoms with E-state index >= 15 is 0 Å². The van der Waals surface area contributed by atoms with E-state index in [0.29, 0.717) is 6.61 Å². The Morgan fingerprint density at radius 3 is 2.20 bits per heavy atom. The van der Waals surface area contributed by atoms with Crippen LogP contribution in [0.3, 0.4) is 0 Å². The molecule has 0 amide bonds. The van der Waals surface area contributed by atoms with Crippen LogP contribution in [0.2, 0.25) is 0 Å². The van der Waals surface area contributed by atoms with E-state index in [2.05, 4.69) is 15.2 Å². The number of guanidine groups is 1. The summed E-state index contributed by atoms with van der Waals surface area (Å²) in [5.41, 5.74) is 16.8. The van der Waals surface area contributed by atoms with Crippen LogP contribution in [-0.4, -0.2) is 63.1 Å². The van der Waals surface area contributed by atoms with E-state index in [0.717, 1.165) is 63.3 Å². The Morgan fingerprint density at radius 1 is 0.933 bits per heavy atom. The maximum absolute atomic E-state index is 7.41. The number of nitrogens with one attached hydrogen (secondary N) is 2. The first kappa shape index (κ1) is 25.7. The number of benzene rings is 1. The van der Waals surface area contributed by atoms with Gasteiger partial charge in [-0.2, -0.15) is 0 Å². The fourth-order valence-corrected chi connectivity index (χ4v) is 3.15. The second-order valence-electron chi connectivity index (χ2n) is 7.51. The topological polar surface area (TPSA) is 139 Å². The molecule has 0 aliphatic heterocycles. The van der Waals surface area contributed by atoms with Crippen LogP contribution in [0.15, 0.2) is 29.3 Å². The molecule has 0 aliphatic carbocycles. The molecule has 0 bridgehead atoms. The molecule has 8 heteroatoms. The van der Waals surface area contributed by atoms with Gasteiger partial charge in [0, 0.05) is 25.2 Å². The van der Waals surface area contributed by atoms with E-state index in [1.807, 2.05) is 31.3 Å². The molecule has 1 aromatic carbocycles. The lowest BCUT2D eigenvalue weighted by Crippen LogP contribution is -2.32. The molecular formula is C22H41N7O. The smallest absolute Gasteiger partial charge is 0.185 e. The Bertz CT molecular complexity index is 600. The highest BCUT2D eigenvalue weighted by molar-refractivity contribution is 5.94. The molecule has 0 aromatic heterocycles. The van der Waals surface area contributed by atoms with Gasteiger partial charge in [-0.1, -0.05) is 19.3 Å². The van der Waals surface area contributed by atoms with Gasteiger partial charge in [0.15, 0.2) is 5.96 Å². The molecule has 0 fully saturated rings. The molecule has 1 rings (SSSR count). The minimum absolute atomic E-state index is 0.0779. The van der Waals surface area contributed by atoms with Crippen molar-refractivity contribution in [3.63, 3.8) is 0 Å². The zero-order valence-corrected chi connectivity index (χ0v) is 18.5. The third-order valence-corrected chi connectivity index (χ3v) is 4.91. The maximum atomic E-state index is 7.41. The molecule has 0 aliphatic rings. The monoisotopic (exact) mass is 419 g/mol. The van der Waals surface area contributed by atoms with E-state index in [-0.39, 0.29) is 11.8 Å². The van der Waals surface area contributed by atoms with Gasteiger partial charge in [-0.25, -0.2) is 0 Å². The van der Waals surface area contributed by atoms with E-state index in [4.69, 9.17) is 27.3 Å². The molecule has 1 aromatic rings. The number of ether oxygens (including phenoxy) is 1. The Labute approximate surface area is 181 Å². The summed E-state index contributed by atoms with van der Waals surface area (Å²) in [7, 11) is 2.00. The number of aliphatic imine (C=N–C) groups is 1. The first-order valence-electron chi connectivity index (χ1n) is 11.0. The fourth-order valence-electron chi connectivity index (χ4n) is 3.15. The number of nitrogens with zero attached hydrogens (tertiary/aromatic N) is 2. The SMILES string of the molecule is CNCCN(CCCCCCCN=C(N)N)CCCCOc1ccc(C(=N)N)cc1. The highest BCUT2D eigenvalue weighted by atomic mass is 16.5. The molecule has 0 spiro atoms. The van der Waals surface area contributed by atoms with Crippen LogP contribution in [-0.2, 0) is 0 Å². The van der Waals surface area contributed by atoms with Crippen molar-refractivity contribution in [3.8, 4) is 5.75 Å². The summed E-state index contributed by atoms with van der Waals surface area (Å²) in [5.74, 6) is 1.09. The quantitative estimate of drug-likeness (QED) is 0.140. The molecule has 0 atom stereocenters. The van der Waals surface area contributed by atoms with Crippen molar-refractivity contribution < 1.29 is 4.74 Å². The highest BCUT2D eigenvalue weighted by Crippen LogP contribution is 2.12. The first-order valence-corrected chi connectivity index (χ1v) is 11.0. The Balaban J connectivity index is 2.14. The van der Waals surface area contributed by atoms with Crippen molar-refractivity contribution in [2.45, 2.75) is 44.9 Å². The van der Waals surface area contributed by atoms with Crippen LogP contribution >= 0.6 is 0 Å². The third kappa shape index (κ3) is 13.0. The van der Waals surface area contributed by atoms with Crippen LogP contribution in [0.1, 0.15) is 50.5 Å². The summed E-state index contributed by atoms with van der Waals surface area (Å²) in [6, 6.07) is 7.37. The van der Waals surface area contributed by atoms with Crippen LogP contribution in [0.4, 0.5) is 0 Å². The normalized spacial score (nSPS) is 10.9. The summed E-state index contributed by atoms with van der Waals surface area (Å²) in [4.78, 5) is 6.56. The molecule has 0 saturated carbocycles. The standard InChI is InChI=1S/C22H41N7O/c1-27-14-17-29(15-6-4-2-3-5-13-28-22(25)26)16-7-8-18-30-20-11-9-19(10-12-20)21(23)24/h9-12,27H,2-8,13-18H2,1H3,(H3,23,24)(H4,25,26,28). The molecule has 0 saturated heterocycles. The molecule has 8 nitrogen and oxygen atoms in total. The van der Waals surface area contributed by atoms with Gasteiger partial charge in [-0.05, 0) is 70.1 Å². The van der Waals surface area contributed by atoms with E-state index in [1.54, 1.807) is 0 Å². The van der Waals surface area contributed by atoms with Gasteiger partial charge in [0.25, 0.3) is 0 Å². The van der Waals surface area contributed by atoms with Gasteiger partial charge < -0.3 is 32.2 Å². The van der Waals surface area contributed by atoms with Crippen molar-refractivity contribution in [3.05, 3.63) is 29.8 Å². The molecule has 8 N–H and O–H groups in total. The van der Waals surface area contributed by atoms with Crippen molar-refractivity contribution in [1.29, 1.82) is 5.41 Å². The lowest BCUT2D eigenvalue weighted by atomic mass is 10.1. The minimum Gasteiger partial charge on any atom is -0.494 e. The lowest BCUT2D eigenvalue weighted by molar-refractivity contribution is 0.246. The van der Waals surface area contributed by atoms with E-state index in [1.165, 1.54) is 25.7 Å². The summed E-state index contributed by atoms with van der Waals surface area (Å²) < 4.78 is 5.80. The number of unbranched alkanes of at least 4 members (excludes halogenated alkanes) is 5. The van der Waals surface area contributed by atoms with E-state index < -0.39 is 0 Å². The third-order valence-electron chi connectivity index (χ3n) is 4.91. The highest BCUT2D eigenvalue weighted by Gasteiger charge is 2.05. The molecule has 170 valence electrons. The Morgan fingerprint density at radius 2 is 1.57 bits per heavy atom.